The van der Waals surface area contributed by atoms with Crippen molar-refractivity contribution >= 4 is 16.9 Å². The average Bonchev–Trinajstić information content (AvgIpc) is 2.56. The normalized spacial score (nSPS) is 12.8. The Kier molecular flexibility index (Phi) is 2.56. The van der Waals surface area contributed by atoms with Crippen molar-refractivity contribution in [3.63, 3.8) is 0 Å². The molecule has 2 N–H and O–H groups in total. The zero-order valence-corrected chi connectivity index (χ0v) is 8.92. The lowest BCUT2D eigenvalue weighted by molar-refractivity contribution is -0.137. The van der Waals surface area contributed by atoms with Crippen LogP contribution in [0.4, 0.5) is 0 Å². The number of aromatic hydroxyl groups is 1. The Balaban J connectivity index is 2.48. The van der Waals surface area contributed by atoms with Crippen molar-refractivity contribution in [2.24, 2.45) is 0 Å². The number of aromatic nitrogens is 1. The lowest BCUT2D eigenvalue weighted by Crippen LogP contribution is -2.09. The molecule has 0 bridgehead atoms. The second-order valence-electron chi connectivity index (χ2n) is 3.89. The van der Waals surface area contributed by atoms with Crippen LogP contribution in [0.2, 0.25) is 0 Å². The Morgan fingerprint density at radius 3 is 2.81 bits per heavy atom. The van der Waals surface area contributed by atoms with E-state index in [-0.39, 0.29) is 18.2 Å². The van der Waals surface area contributed by atoms with Crippen molar-refractivity contribution in [3.8, 4) is 5.75 Å². The number of para-hydroxylation sites is 1. The molecule has 0 amide bonds. The first-order chi connectivity index (χ1) is 7.59. The number of hydrogen-bond acceptors (Lipinski definition) is 2. The first kappa shape index (κ1) is 10.5. The number of benzene rings is 1. The standard InChI is InChI=1S/C12H13NO3/c1-8(6-12(15)16)13-7-11(14)9-4-2-3-5-10(9)13/h2-5,7-8,14H,6H2,1H3,(H,15,16). The van der Waals surface area contributed by atoms with Gasteiger partial charge in [0.25, 0.3) is 0 Å². The van der Waals surface area contributed by atoms with Crippen LogP contribution in [-0.4, -0.2) is 20.7 Å². The third-order valence-corrected chi connectivity index (χ3v) is 2.66. The fraction of sp³-hybridized carbons (Fsp3) is 0.250. The molecule has 1 atom stereocenters. The molecule has 0 aliphatic carbocycles. The number of hydrogen-bond donors (Lipinski definition) is 2. The monoisotopic (exact) mass is 219 g/mol. The van der Waals surface area contributed by atoms with Crippen molar-refractivity contribution in [2.75, 3.05) is 0 Å². The third kappa shape index (κ3) is 1.74. The van der Waals surface area contributed by atoms with E-state index in [2.05, 4.69) is 0 Å². The fourth-order valence-electron chi connectivity index (χ4n) is 1.90. The van der Waals surface area contributed by atoms with Gasteiger partial charge in [-0.25, -0.2) is 0 Å². The van der Waals surface area contributed by atoms with E-state index in [1.807, 2.05) is 31.2 Å². The number of carbonyl (C=O) groups is 1. The van der Waals surface area contributed by atoms with E-state index >= 15 is 0 Å². The Bertz CT molecular complexity index is 530. The Morgan fingerprint density at radius 2 is 2.12 bits per heavy atom. The maximum Gasteiger partial charge on any atom is 0.305 e. The highest BCUT2D eigenvalue weighted by Crippen LogP contribution is 2.30. The molecule has 16 heavy (non-hydrogen) atoms. The predicted octanol–water partition coefficient (Wildman–Crippen LogP) is 2.38. The molecule has 84 valence electrons. The maximum atomic E-state index is 10.7. The highest BCUT2D eigenvalue weighted by Gasteiger charge is 2.14. The van der Waals surface area contributed by atoms with Crippen LogP contribution in [0, 0.1) is 0 Å². The molecule has 1 unspecified atom stereocenters. The summed E-state index contributed by atoms with van der Waals surface area (Å²) in [6.45, 7) is 1.82. The van der Waals surface area contributed by atoms with Gasteiger partial charge in [0, 0.05) is 17.6 Å². The molecule has 2 aromatic rings. The summed E-state index contributed by atoms with van der Waals surface area (Å²) < 4.78 is 1.79. The van der Waals surface area contributed by atoms with Gasteiger partial charge in [0.2, 0.25) is 0 Å². The molecule has 0 saturated carbocycles. The van der Waals surface area contributed by atoms with E-state index in [1.54, 1.807) is 10.8 Å². The van der Waals surface area contributed by atoms with E-state index in [0.29, 0.717) is 0 Å². The second kappa shape index (κ2) is 3.89. The second-order valence-corrected chi connectivity index (χ2v) is 3.89. The minimum atomic E-state index is -0.843. The lowest BCUT2D eigenvalue weighted by atomic mass is 10.2. The van der Waals surface area contributed by atoms with Crippen LogP contribution in [0.25, 0.3) is 10.9 Å². The van der Waals surface area contributed by atoms with Crippen molar-refractivity contribution in [3.05, 3.63) is 30.5 Å². The molecule has 2 rings (SSSR count). The Labute approximate surface area is 92.7 Å². The Hall–Kier alpha value is -1.97. The first-order valence-electron chi connectivity index (χ1n) is 5.10. The van der Waals surface area contributed by atoms with E-state index in [4.69, 9.17) is 5.11 Å². The van der Waals surface area contributed by atoms with Crippen molar-refractivity contribution in [2.45, 2.75) is 19.4 Å². The number of fused-ring (bicyclic) bond motifs is 1. The minimum Gasteiger partial charge on any atom is -0.506 e. The first-order valence-corrected chi connectivity index (χ1v) is 5.10. The molecular weight excluding hydrogens is 206 g/mol. The summed E-state index contributed by atoms with van der Waals surface area (Å²) in [5.41, 5.74) is 0.855. The van der Waals surface area contributed by atoms with Crippen LogP contribution in [0.3, 0.4) is 0 Å². The number of rotatable bonds is 3. The van der Waals surface area contributed by atoms with Crippen LogP contribution in [0.1, 0.15) is 19.4 Å². The molecule has 0 aliphatic heterocycles. The highest BCUT2D eigenvalue weighted by molar-refractivity contribution is 5.86. The van der Waals surface area contributed by atoms with Crippen LogP contribution in [0.5, 0.6) is 5.75 Å². The average molecular weight is 219 g/mol. The van der Waals surface area contributed by atoms with Crippen LogP contribution < -0.4 is 0 Å². The van der Waals surface area contributed by atoms with Gasteiger partial charge in [0.05, 0.1) is 11.9 Å². The van der Waals surface area contributed by atoms with E-state index < -0.39 is 5.97 Å². The topological polar surface area (TPSA) is 62.5 Å². The van der Waals surface area contributed by atoms with Crippen LogP contribution >= 0.6 is 0 Å². The maximum absolute atomic E-state index is 10.7. The van der Waals surface area contributed by atoms with Gasteiger partial charge in [0.15, 0.2) is 0 Å². The zero-order valence-electron chi connectivity index (χ0n) is 8.92. The summed E-state index contributed by atoms with van der Waals surface area (Å²) in [4.78, 5) is 10.7. The van der Waals surface area contributed by atoms with Crippen molar-refractivity contribution in [1.29, 1.82) is 0 Å². The highest BCUT2D eigenvalue weighted by atomic mass is 16.4. The van der Waals surface area contributed by atoms with E-state index in [0.717, 1.165) is 10.9 Å². The fourth-order valence-corrected chi connectivity index (χ4v) is 1.90. The molecule has 4 heteroatoms. The number of nitrogens with zero attached hydrogens (tertiary/aromatic N) is 1. The van der Waals surface area contributed by atoms with Crippen LogP contribution in [-0.2, 0) is 4.79 Å². The van der Waals surface area contributed by atoms with Gasteiger partial charge in [0.1, 0.15) is 5.75 Å². The van der Waals surface area contributed by atoms with E-state index in [9.17, 15) is 9.90 Å². The molecule has 0 saturated heterocycles. The number of carboxylic acid groups (broad SMARTS) is 1. The smallest absolute Gasteiger partial charge is 0.305 e. The summed E-state index contributed by atoms with van der Waals surface area (Å²) in [7, 11) is 0. The van der Waals surface area contributed by atoms with Gasteiger partial charge in [-0.05, 0) is 19.1 Å². The largest absolute Gasteiger partial charge is 0.506 e. The zero-order chi connectivity index (χ0) is 11.7. The minimum absolute atomic E-state index is 0.0398. The molecule has 1 aromatic heterocycles. The molecule has 1 heterocycles. The van der Waals surface area contributed by atoms with Gasteiger partial charge < -0.3 is 14.8 Å². The SMILES string of the molecule is CC(CC(=O)O)n1cc(O)c2ccccc21. The van der Waals surface area contributed by atoms with E-state index in [1.165, 1.54) is 0 Å². The molecule has 4 nitrogen and oxygen atoms in total. The quantitative estimate of drug-likeness (QED) is 0.833. The van der Waals surface area contributed by atoms with Gasteiger partial charge in [-0.15, -0.1) is 0 Å². The van der Waals surface area contributed by atoms with Crippen molar-refractivity contribution < 1.29 is 15.0 Å². The lowest BCUT2D eigenvalue weighted by Gasteiger charge is -2.12. The molecule has 0 fully saturated rings. The molecule has 1 aromatic carbocycles. The van der Waals surface area contributed by atoms with Gasteiger partial charge >= 0.3 is 5.97 Å². The summed E-state index contributed by atoms with van der Waals surface area (Å²) in [5, 5.41) is 19.2. The molecular formula is C12H13NO3. The molecule has 0 radical (unpaired) electrons. The summed E-state index contributed by atoms with van der Waals surface area (Å²) in [6.07, 6.45) is 1.62. The van der Waals surface area contributed by atoms with Crippen LogP contribution in [0.15, 0.2) is 30.5 Å². The Morgan fingerprint density at radius 1 is 1.44 bits per heavy atom. The summed E-state index contributed by atoms with van der Waals surface area (Å²) >= 11 is 0. The molecule has 0 aliphatic rings. The number of carboxylic acids is 1. The van der Waals surface area contributed by atoms with Gasteiger partial charge in [-0.1, -0.05) is 12.1 Å². The third-order valence-electron chi connectivity index (χ3n) is 2.66. The summed E-state index contributed by atoms with van der Waals surface area (Å²) in [5.74, 6) is -0.655. The van der Waals surface area contributed by atoms with Gasteiger partial charge in [-0.2, -0.15) is 0 Å². The van der Waals surface area contributed by atoms with Crippen molar-refractivity contribution in [1.82, 2.24) is 4.57 Å². The van der Waals surface area contributed by atoms with Gasteiger partial charge in [-0.3, -0.25) is 4.79 Å². The summed E-state index contributed by atoms with van der Waals surface area (Å²) in [6, 6.07) is 7.21. The number of aliphatic carboxylic acids is 1. The molecule has 0 spiro atoms. The predicted molar refractivity (Wildman–Crippen MR) is 60.6 cm³/mol.